The molecule has 0 radical (unpaired) electrons. The van der Waals surface area contributed by atoms with Crippen molar-refractivity contribution in [1.29, 1.82) is 0 Å². The van der Waals surface area contributed by atoms with Crippen LogP contribution < -0.4 is 5.32 Å². The number of hydrogen-bond acceptors (Lipinski definition) is 5. The molecule has 2 aliphatic rings. The topological polar surface area (TPSA) is 79.6 Å². The fourth-order valence-electron chi connectivity index (χ4n) is 4.10. The third-order valence-corrected chi connectivity index (χ3v) is 6.38. The molecule has 0 saturated carbocycles. The van der Waals surface area contributed by atoms with Crippen LogP contribution in [0.1, 0.15) is 68.3 Å². The Hall–Kier alpha value is -2.41. The number of Topliss-reactive ketones (excluding diaryl/α,β-unsaturated/α-hetero) is 1. The van der Waals surface area contributed by atoms with Crippen molar-refractivity contribution in [2.45, 2.75) is 39.0 Å². The first-order valence-electron chi connectivity index (χ1n) is 9.79. The van der Waals surface area contributed by atoms with E-state index in [1.54, 1.807) is 6.92 Å². The third kappa shape index (κ3) is 3.63. The van der Waals surface area contributed by atoms with Crippen molar-refractivity contribution in [1.82, 2.24) is 10.2 Å². The molecule has 1 saturated heterocycles. The molecule has 7 heteroatoms. The molecule has 0 bridgehead atoms. The van der Waals surface area contributed by atoms with Crippen molar-refractivity contribution in [2.24, 2.45) is 5.92 Å². The molecule has 1 aliphatic heterocycles. The van der Waals surface area contributed by atoms with Gasteiger partial charge in [0.2, 0.25) is 0 Å². The van der Waals surface area contributed by atoms with Crippen LogP contribution in [0.2, 0.25) is 0 Å². The lowest BCUT2D eigenvalue weighted by Crippen LogP contribution is -2.42. The van der Waals surface area contributed by atoms with E-state index in [-0.39, 0.29) is 17.6 Å². The van der Waals surface area contributed by atoms with Crippen molar-refractivity contribution in [3.63, 3.8) is 0 Å². The van der Waals surface area contributed by atoms with E-state index in [9.17, 15) is 14.4 Å². The zero-order chi connectivity index (χ0) is 19.7. The maximum atomic E-state index is 13.1. The molecule has 6 nitrogen and oxygen atoms in total. The van der Waals surface area contributed by atoms with Gasteiger partial charge in [0.25, 0.3) is 11.8 Å². The van der Waals surface area contributed by atoms with Crippen molar-refractivity contribution in [2.75, 3.05) is 19.6 Å². The second kappa shape index (κ2) is 7.91. The second-order valence-corrected chi connectivity index (χ2v) is 8.35. The summed E-state index contributed by atoms with van der Waals surface area (Å²) in [6.45, 7) is 3.65. The molecule has 28 heavy (non-hydrogen) atoms. The largest absolute Gasteiger partial charge is 0.465 e. The summed E-state index contributed by atoms with van der Waals surface area (Å²) in [7, 11) is 0. The molecule has 0 unspecified atom stereocenters. The Morgan fingerprint density at radius 1 is 1.29 bits per heavy atom. The van der Waals surface area contributed by atoms with E-state index in [4.69, 9.17) is 4.42 Å². The number of hydrogen-bond donors (Lipinski definition) is 1. The molecular formula is C21H24N2O4S. The number of likely N-dealkylation sites (tertiary alicyclic amines) is 1. The van der Waals surface area contributed by atoms with E-state index in [1.165, 1.54) is 11.3 Å². The van der Waals surface area contributed by atoms with Crippen molar-refractivity contribution >= 4 is 28.9 Å². The van der Waals surface area contributed by atoms with E-state index < -0.39 is 0 Å². The van der Waals surface area contributed by atoms with Crippen molar-refractivity contribution in [3.05, 3.63) is 45.0 Å². The van der Waals surface area contributed by atoms with Crippen LogP contribution in [0, 0.1) is 12.8 Å². The van der Waals surface area contributed by atoms with Gasteiger partial charge in [0, 0.05) is 43.4 Å². The first-order chi connectivity index (χ1) is 13.5. The van der Waals surface area contributed by atoms with Gasteiger partial charge in [0.05, 0.1) is 11.1 Å². The summed E-state index contributed by atoms with van der Waals surface area (Å²) in [5.41, 5.74) is 1.67. The fourth-order valence-corrected chi connectivity index (χ4v) is 4.73. The van der Waals surface area contributed by atoms with Gasteiger partial charge in [-0.05, 0) is 43.6 Å². The zero-order valence-electron chi connectivity index (χ0n) is 16.0. The number of aryl methyl sites for hydroxylation is 2. The van der Waals surface area contributed by atoms with Gasteiger partial charge in [0.15, 0.2) is 5.78 Å². The average Bonchev–Trinajstić information content (AvgIpc) is 3.34. The molecule has 0 spiro atoms. The molecular weight excluding hydrogens is 376 g/mol. The number of fused-ring (bicyclic) bond motifs is 1. The maximum absolute atomic E-state index is 13.1. The predicted octanol–water partition coefficient (Wildman–Crippen LogP) is 3.45. The average molecular weight is 401 g/mol. The van der Waals surface area contributed by atoms with Crippen LogP contribution in [0.4, 0.5) is 0 Å². The lowest BCUT2D eigenvalue weighted by Gasteiger charge is -2.32. The summed E-state index contributed by atoms with van der Waals surface area (Å²) < 4.78 is 5.73. The highest BCUT2D eigenvalue weighted by Crippen LogP contribution is 2.31. The Bertz CT molecular complexity index is 892. The summed E-state index contributed by atoms with van der Waals surface area (Å²) in [6, 6.07) is 1.82. The molecule has 0 aromatic carbocycles. The number of furan rings is 1. The highest BCUT2D eigenvalue weighted by molar-refractivity contribution is 7.08. The quantitative estimate of drug-likeness (QED) is 0.852. The molecule has 2 aromatic rings. The standard InChI is InChI=1S/C21H24N2O4S/c1-13-18(19-16(24)3-2-4-17(19)27-13)21(26)23-8-5-14(6-9-23)11-22-20(25)15-7-10-28-12-15/h7,10,12,14H,2-6,8-9,11H2,1H3,(H,22,25). The summed E-state index contributed by atoms with van der Waals surface area (Å²) in [4.78, 5) is 39.3. The van der Waals surface area contributed by atoms with E-state index in [1.807, 2.05) is 21.7 Å². The number of ketones is 1. The Labute approximate surface area is 167 Å². The zero-order valence-corrected chi connectivity index (χ0v) is 16.8. The molecule has 1 fully saturated rings. The lowest BCUT2D eigenvalue weighted by atomic mass is 9.91. The highest BCUT2D eigenvalue weighted by atomic mass is 32.1. The smallest absolute Gasteiger partial charge is 0.258 e. The number of thiophene rings is 1. The Balaban J connectivity index is 1.35. The molecule has 3 heterocycles. The van der Waals surface area contributed by atoms with Gasteiger partial charge in [-0.3, -0.25) is 14.4 Å². The maximum Gasteiger partial charge on any atom is 0.258 e. The summed E-state index contributed by atoms with van der Waals surface area (Å²) in [6.07, 6.45) is 3.67. The van der Waals surface area contributed by atoms with E-state index in [0.29, 0.717) is 60.2 Å². The molecule has 2 amide bonds. The number of piperidine rings is 1. The lowest BCUT2D eigenvalue weighted by molar-refractivity contribution is 0.0679. The van der Waals surface area contributed by atoms with Crippen LogP contribution in [-0.4, -0.2) is 42.1 Å². The summed E-state index contributed by atoms with van der Waals surface area (Å²) in [5.74, 6) is 1.45. The Morgan fingerprint density at radius 3 is 2.79 bits per heavy atom. The van der Waals surface area contributed by atoms with Gasteiger partial charge in [-0.15, -0.1) is 0 Å². The van der Waals surface area contributed by atoms with Gasteiger partial charge in [0.1, 0.15) is 11.5 Å². The molecule has 2 aromatic heterocycles. The van der Waals surface area contributed by atoms with Crippen LogP contribution in [0.5, 0.6) is 0 Å². The number of rotatable bonds is 4. The minimum Gasteiger partial charge on any atom is -0.465 e. The number of carbonyl (C=O) groups is 3. The minimum absolute atomic E-state index is 0.0208. The van der Waals surface area contributed by atoms with Crippen LogP contribution in [0.15, 0.2) is 21.2 Å². The van der Waals surface area contributed by atoms with Crippen molar-refractivity contribution in [3.8, 4) is 0 Å². The van der Waals surface area contributed by atoms with E-state index >= 15 is 0 Å². The van der Waals surface area contributed by atoms with Gasteiger partial charge < -0.3 is 14.6 Å². The monoisotopic (exact) mass is 400 g/mol. The van der Waals surface area contributed by atoms with Crippen LogP contribution in [0.3, 0.4) is 0 Å². The number of carbonyl (C=O) groups excluding carboxylic acids is 3. The molecule has 1 N–H and O–H groups in total. The normalized spacial score (nSPS) is 17.5. The van der Waals surface area contributed by atoms with Crippen LogP contribution >= 0.6 is 11.3 Å². The number of nitrogens with zero attached hydrogens (tertiary/aromatic N) is 1. The first-order valence-corrected chi connectivity index (χ1v) is 10.7. The molecule has 1 aliphatic carbocycles. The van der Waals surface area contributed by atoms with Gasteiger partial charge >= 0.3 is 0 Å². The Morgan fingerprint density at radius 2 is 2.07 bits per heavy atom. The fraction of sp³-hybridized carbons (Fsp3) is 0.476. The molecule has 148 valence electrons. The third-order valence-electron chi connectivity index (χ3n) is 5.69. The first kappa shape index (κ1) is 18.9. The molecule has 4 rings (SSSR count). The van der Waals surface area contributed by atoms with Gasteiger partial charge in [-0.1, -0.05) is 0 Å². The van der Waals surface area contributed by atoms with Crippen LogP contribution in [0.25, 0.3) is 0 Å². The van der Waals surface area contributed by atoms with Gasteiger partial charge in [-0.2, -0.15) is 11.3 Å². The van der Waals surface area contributed by atoms with Crippen LogP contribution in [-0.2, 0) is 6.42 Å². The highest BCUT2D eigenvalue weighted by Gasteiger charge is 2.33. The number of amides is 2. The summed E-state index contributed by atoms with van der Waals surface area (Å²) >= 11 is 1.51. The van der Waals surface area contributed by atoms with Gasteiger partial charge in [-0.25, -0.2) is 0 Å². The van der Waals surface area contributed by atoms with E-state index in [2.05, 4.69) is 5.32 Å². The number of nitrogens with one attached hydrogen (secondary N) is 1. The summed E-state index contributed by atoms with van der Waals surface area (Å²) in [5, 5.41) is 6.72. The minimum atomic E-state index is -0.0986. The Kier molecular flexibility index (Phi) is 5.35. The second-order valence-electron chi connectivity index (χ2n) is 7.57. The molecule has 0 atom stereocenters. The van der Waals surface area contributed by atoms with Crippen molar-refractivity contribution < 1.29 is 18.8 Å². The predicted molar refractivity (Wildman–Crippen MR) is 106 cm³/mol. The van der Waals surface area contributed by atoms with E-state index in [0.717, 1.165) is 25.7 Å². The SMILES string of the molecule is Cc1oc2c(c1C(=O)N1CCC(CNC(=O)c3ccsc3)CC1)C(=O)CCC2.